The smallest absolute Gasteiger partial charge is 0.277 e. The number of hydrogen-bond acceptors (Lipinski definition) is 6. The molecular formula is C21H24N6O2. The SMILES string of the molecule is CCCCn1nc(C(=O)Nc2nc3ccccc3nc2N2CCCC2)ccc1=O. The van der Waals surface area contributed by atoms with E-state index in [2.05, 4.69) is 20.3 Å². The van der Waals surface area contributed by atoms with Crippen molar-refractivity contribution in [2.75, 3.05) is 23.3 Å². The summed E-state index contributed by atoms with van der Waals surface area (Å²) in [5, 5.41) is 7.09. The fourth-order valence-electron chi connectivity index (χ4n) is 3.43. The molecule has 150 valence electrons. The Kier molecular flexibility index (Phi) is 5.50. The van der Waals surface area contributed by atoms with Crippen molar-refractivity contribution >= 4 is 28.6 Å². The average molecular weight is 392 g/mol. The van der Waals surface area contributed by atoms with E-state index in [0.717, 1.165) is 44.3 Å². The lowest BCUT2D eigenvalue weighted by atomic mass is 10.3. The molecule has 4 rings (SSSR count). The molecule has 0 aliphatic carbocycles. The quantitative estimate of drug-likeness (QED) is 0.693. The van der Waals surface area contributed by atoms with Crippen LogP contribution in [0, 0.1) is 0 Å². The molecule has 1 aliphatic rings. The third-order valence-corrected chi connectivity index (χ3v) is 5.01. The highest BCUT2D eigenvalue weighted by Crippen LogP contribution is 2.28. The Morgan fingerprint density at radius 2 is 1.79 bits per heavy atom. The molecule has 1 N–H and O–H groups in total. The Morgan fingerprint density at radius 3 is 2.52 bits per heavy atom. The zero-order valence-electron chi connectivity index (χ0n) is 16.5. The molecular weight excluding hydrogens is 368 g/mol. The average Bonchev–Trinajstić information content (AvgIpc) is 3.27. The van der Waals surface area contributed by atoms with Gasteiger partial charge in [-0.3, -0.25) is 9.59 Å². The number of carbonyl (C=O) groups excluding carboxylic acids is 1. The first kappa shape index (κ1) is 19.0. The maximum atomic E-state index is 12.9. The van der Waals surface area contributed by atoms with Gasteiger partial charge in [0.1, 0.15) is 5.69 Å². The van der Waals surface area contributed by atoms with Crippen LogP contribution in [-0.4, -0.2) is 38.7 Å². The number of aromatic nitrogens is 4. The van der Waals surface area contributed by atoms with E-state index < -0.39 is 5.91 Å². The van der Waals surface area contributed by atoms with E-state index in [1.54, 1.807) is 0 Å². The predicted molar refractivity (Wildman–Crippen MR) is 112 cm³/mol. The second-order valence-electron chi connectivity index (χ2n) is 7.17. The molecule has 2 aromatic heterocycles. The minimum absolute atomic E-state index is 0.183. The second kappa shape index (κ2) is 8.38. The maximum absolute atomic E-state index is 12.9. The number of carbonyl (C=O) groups is 1. The molecule has 0 spiro atoms. The van der Waals surface area contributed by atoms with Crippen LogP contribution in [-0.2, 0) is 6.54 Å². The van der Waals surface area contributed by atoms with Crippen molar-refractivity contribution in [2.24, 2.45) is 0 Å². The van der Waals surface area contributed by atoms with E-state index >= 15 is 0 Å². The first-order chi connectivity index (χ1) is 14.2. The first-order valence-corrected chi connectivity index (χ1v) is 10.1. The molecule has 8 heteroatoms. The second-order valence-corrected chi connectivity index (χ2v) is 7.17. The lowest BCUT2D eigenvalue weighted by Gasteiger charge is -2.20. The zero-order valence-corrected chi connectivity index (χ0v) is 16.5. The molecule has 3 aromatic rings. The maximum Gasteiger partial charge on any atom is 0.277 e. The number of benzene rings is 1. The van der Waals surface area contributed by atoms with E-state index in [1.807, 2.05) is 31.2 Å². The summed E-state index contributed by atoms with van der Waals surface area (Å²) < 4.78 is 1.34. The minimum Gasteiger partial charge on any atom is -0.354 e. The van der Waals surface area contributed by atoms with Crippen LogP contribution in [0.15, 0.2) is 41.2 Å². The lowest BCUT2D eigenvalue weighted by molar-refractivity contribution is 0.101. The van der Waals surface area contributed by atoms with E-state index in [0.29, 0.717) is 23.7 Å². The Labute approximate surface area is 168 Å². The molecule has 0 saturated carbocycles. The van der Waals surface area contributed by atoms with Crippen LogP contribution in [0.5, 0.6) is 0 Å². The molecule has 8 nitrogen and oxygen atoms in total. The monoisotopic (exact) mass is 392 g/mol. The number of amides is 1. The molecule has 1 aromatic carbocycles. The number of fused-ring (bicyclic) bond motifs is 1. The molecule has 0 unspecified atom stereocenters. The number of unbranched alkanes of at least 4 members (excludes halogenated alkanes) is 1. The van der Waals surface area contributed by atoms with Gasteiger partial charge in [0.05, 0.1) is 11.0 Å². The summed E-state index contributed by atoms with van der Waals surface area (Å²) in [6, 6.07) is 10.4. The van der Waals surface area contributed by atoms with Crippen molar-refractivity contribution in [1.29, 1.82) is 0 Å². The van der Waals surface area contributed by atoms with Crippen LogP contribution in [0.2, 0.25) is 0 Å². The zero-order chi connectivity index (χ0) is 20.2. The normalized spacial score (nSPS) is 13.8. The molecule has 0 bridgehead atoms. The van der Waals surface area contributed by atoms with Gasteiger partial charge in [0.15, 0.2) is 11.6 Å². The molecule has 1 fully saturated rings. The molecule has 0 atom stereocenters. The number of para-hydroxylation sites is 2. The lowest BCUT2D eigenvalue weighted by Crippen LogP contribution is -2.27. The van der Waals surface area contributed by atoms with Crippen LogP contribution in [0.25, 0.3) is 11.0 Å². The summed E-state index contributed by atoms with van der Waals surface area (Å²) in [6.45, 7) is 4.30. The van der Waals surface area contributed by atoms with Gasteiger partial charge in [-0.05, 0) is 37.5 Å². The Bertz CT molecular complexity index is 1090. The molecule has 1 aliphatic heterocycles. The van der Waals surface area contributed by atoms with Crippen LogP contribution < -0.4 is 15.8 Å². The van der Waals surface area contributed by atoms with Crippen molar-refractivity contribution < 1.29 is 4.79 Å². The van der Waals surface area contributed by atoms with Crippen LogP contribution in [0.4, 0.5) is 11.6 Å². The largest absolute Gasteiger partial charge is 0.354 e. The third-order valence-electron chi connectivity index (χ3n) is 5.01. The molecule has 3 heterocycles. The standard InChI is InChI=1S/C21H24N6O2/c1-2-3-14-27-18(28)11-10-17(25-27)21(29)24-19-20(26-12-6-7-13-26)23-16-9-5-4-8-15(16)22-19/h4-5,8-11H,2-3,6-7,12-14H2,1H3,(H,22,24,29). The minimum atomic E-state index is -0.403. The van der Waals surface area contributed by atoms with Gasteiger partial charge >= 0.3 is 0 Å². The van der Waals surface area contributed by atoms with Crippen molar-refractivity contribution in [2.45, 2.75) is 39.2 Å². The number of aryl methyl sites for hydroxylation is 1. The topological polar surface area (TPSA) is 93.0 Å². The van der Waals surface area contributed by atoms with Crippen LogP contribution in [0.1, 0.15) is 43.1 Å². The van der Waals surface area contributed by atoms with E-state index in [1.165, 1.54) is 16.8 Å². The van der Waals surface area contributed by atoms with Crippen molar-refractivity contribution in [3.63, 3.8) is 0 Å². The Hall–Kier alpha value is -3.29. The summed E-state index contributed by atoms with van der Waals surface area (Å²) >= 11 is 0. The summed E-state index contributed by atoms with van der Waals surface area (Å²) in [5.74, 6) is 0.692. The van der Waals surface area contributed by atoms with Gasteiger partial charge in [0.25, 0.3) is 11.5 Å². The first-order valence-electron chi connectivity index (χ1n) is 10.1. The fourth-order valence-corrected chi connectivity index (χ4v) is 3.43. The highest BCUT2D eigenvalue weighted by atomic mass is 16.2. The van der Waals surface area contributed by atoms with Crippen molar-refractivity contribution in [3.05, 3.63) is 52.4 Å². The Balaban J connectivity index is 1.67. The van der Waals surface area contributed by atoms with E-state index in [4.69, 9.17) is 4.98 Å². The third kappa shape index (κ3) is 4.11. The van der Waals surface area contributed by atoms with E-state index in [9.17, 15) is 9.59 Å². The number of hydrogen-bond donors (Lipinski definition) is 1. The van der Waals surface area contributed by atoms with Gasteiger partial charge in [-0.25, -0.2) is 14.6 Å². The molecule has 1 saturated heterocycles. The van der Waals surface area contributed by atoms with Gasteiger partial charge < -0.3 is 10.2 Å². The number of rotatable bonds is 6. The summed E-state index contributed by atoms with van der Waals surface area (Å²) in [6.07, 6.45) is 3.95. The molecule has 0 radical (unpaired) electrons. The highest BCUT2D eigenvalue weighted by Gasteiger charge is 2.21. The van der Waals surface area contributed by atoms with Gasteiger partial charge in [-0.1, -0.05) is 25.5 Å². The van der Waals surface area contributed by atoms with Gasteiger partial charge in [-0.15, -0.1) is 0 Å². The number of anilines is 2. The van der Waals surface area contributed by atoms with Crippen molar-refractivity contribution in [1.82, 2.24) is 19.7 Å². The number of nitrogens with one attached hydrogen (secondary N) is 1. The molecule has 1 amide bonds. The number of nitrogens with zero attached hydrogens (tertiary/aromatic N) is 5. The van der Waals surface area contributed by atoms with Crippen LogP contribution >= 0.6 is 0 Å². The summed E-state index contributed by atoms with van der Waals surface area (Å²) in [4.78, 5) is 36.4. The van der Waals surface area contributed by atoms with Gasteiger partial charge in [-0.2, -0.15) is 5.10 Å². The van der Waals surface area contributed by atoms with Crippen molar-refractivity contribution in [3.8, 4) is 0 Å². The fraction of sp³-hybridized carbons (Fsp3) is 0.381. The van der Waals surface area contributed by atoms with E-state index in [-0.39, 0.29) is 11.3 Å². The van der Waals surface area contributed by atoms with Gasteiger partial charge in [0, 0.05) is 25.7 Å². The van der Waals surface area contributed by atoms with Crippen LogP contribution in [0.3, 0.4) is 0 Å². The summed E-state index contributed by atoms with van der Waals surface area (Å²) in [5.41, 5.74) is 1.48. The van der Waals surface area contributed by atoms with Gasteiger partial charge in [0.2, 0.25) is 0 Å². The molecule has 29 heavy (non-hydrogen) atoms. The predicted octanol–water partition coefficient (Wildman–Crippen LogP) is 2.84. The summed E-state index contributed by atoms with van der Waals surface area (Å²) in [7, 11) is 0. The Morgan fingerprint density at radius 1 is 1.07 bits per heavy atom. The highest BCUT2D eigenvalue weighted by molar-refractivity contribution is 6.04.